The Labute approximate surface area is 162 Å². The van der Waals surface area contributed by atoms with Crippen molar-refractivity contribution in [3.05, 3.63) is 72.8 Å². The molecule has 0 saturated carbocycles. The van der Waals surface area contributed by atoms with Gasteiger partial charge in [-0.2, -0.15) is 0 Å². The number of hydrogen-bond acceptors (Lipinski definition) is 0. The van der Waals surface area contributed by atoms with E-state index < -0.39 is 0 Å². The van der Waals surface area contributed by atoms with E-state index in [1.807, 2.05) is 0 Å². The van der Waals surface area contributed by atoms with E-state index in [-0.39, 0.29) is 7.92 Å². The van der Waals surface area contributed by atoms with Gasteiger partial charge in [0.15, 0.2) is 0 Å². The minimum atomic E-state index is -0.259. The Morgan fingerprint density at radius 3 is 1.92 bits per heavy atom. The molecule has 1 heteroatoms. The third-order valence-corrected chi connectivity index (χ3v) is 7.64. The van der Waals surface area contributed by atoms with Crippen LogP contribution in [0.25, 0.3) is 0 Å². The lowest BCUT2D eigenvalue weighted by molar-refractivity contribution is 0.634. The van der Waals surface area contributed by atoms with Crippen LogP contribution in [-0.2, 0) is 0 Å². The molecule has 0 unspecified atom stereocenters. The Kier molecular flexibility index (Phi) is 10.4. The SMILES string of the molecule is CCCCCCC/C=C/C[C@H](C)CP(c1ccccc1)c1ccccc1. The highest BCUT2D eigenvalue weighted by Crippen LogP contribution is 2.36. The lowest BCUT2D eigenvalue weighted by Gasteiger charge is -2.22. The first-order valence-corrected chi connectivity index (χ1v) is 11.9. The minimum absolute atomic E-state index is 0.259. The number of unbranched alkanes of at least 4 members (excludes halogenated alkanes) is 5. The second-order valence-corrected chi connectivity index (χ2v) is 9.55. The van der Waals surface area contributed by atoms with Gasteiger partial charge >= 0.3 is 0 Å². The molecule has 2 rings (SSSR count). The maximum atomic E-state index is 2.42. The topological polar surface area (TPSA) is 0 Å². The molecule has 0 heterocycles. The van der Waals surface area contributed by atoms with Crippen LogP contribution in [-0.4, -0.2) is 6.16 Å². The molecular formula is C25H35P. The third kappa shape index (κ3) is 7.88. The lowest BCUT2D eigenvalue weighted by atomic mass is 10.1. The van der Waals surface area contributed by atoms with Crippen molar-refractivity contribution in [2.75, 3.05) is 6.16 Å². The van der Waals surface area contributed by atoms with Crippen LogP contribution in [0.15, 0.2) is 72.8 Å². The monoisotopic (exact) mass is 366 g/mol. The van der Waals surface area contributed by atoms with Crippen molar-refractivity contribution in [3.63, 3.8) is 0 Å². The molecule has 140 valence electrons. The van der Waals surface area contributed by atoms with Crippen molar-refractivity contribution >= 4 is 18.5 Å². The van der Waals surface area contributed by atoms with Gasteiger partial charge in [-0.25, -0.2) is 0 Å². The highest BCUT2D eigenvalue weighted by atomic mass is 31.1. The summed E-state index contributed by atoms with van der Waals surface area (Å²) in [5.41, 5.74) is 0. The number of benzene rings is 2. The van der Waals surface area contributed by atoms with Gasteiger partial charge < -0.3 is 0 Å². The Hall–Kier alpha value is -1.39. The van der Waals surface area contributed by atoms with Crippen LogP contribution in [0.4, 0.5) is 0 Å². The van der Waals surface area contributed by atoms with Gasteiger partial charge in [0.25, 0.3) is 0 Å². The van der Waals surface area contributed by atoms with E-state index >= 15 is 0 Å². The van der Waals surface area contributed by atoms with E-state index in [2.05, 4.69) is 86.7 Å². The molecule has 0 aliphatic rings. The van der Waals surface area contributed by atoms with Crippen molar-refractivity contribution in [3.8, 4) is 0 Å². The fourth-order valence-electron chi connectivity index (χ4n) is 3.27. The number of allylic oxidation sites excluding steroid dienone is 2. The average Bonchev–Trinajstić information content (AvgIpc) is 2.69. The van der Waals surface area contributed by atoms with Crippen molar-refractivity contribution in [2.24, 2.45) is 5.92 Å². The first-order valence-electron chi connectivity index (χ1n) is 10.3. The predicted molar refractivity (Wildman–Crippen MR) is 120 cm³/mol. The van der Waals surface area contributed by atoms with E-state index in [1.165, 1.54) is 61.7 Å². The van der Waals surface area contributed by atoms with E-state index in [1.54, 1.807) is 0 Å². The summed E-state index contributed by atoms with van der Waals surface area (Å²) in [6.07, 6.45) is 15.4. The minimum Gasteiger partial charge on any atom is -0.0885 e. The summed E-state index contributed by atoms with van der Waals surface area (Å²) in [4.78, 5) is 0. The quantitative estimate of drug-likeness (QED) is 0.214. The zero-order valence-corrected chi connectivity index (χ0v) is 17.5. The van der Waals surface area contributed by atoms with Crippen LogP contribution >= 0.6 is 7.92 Å². The smallest absolute Gasteiger partial charge is 0.0195 e. The molecule has 1 atom stereocenters. The summed E-state index contributed by atoms with van der Waals surface area (Å²) >= 11 is 0. The first-order chi connectivity index (χ1) is 12.8. The first kappa shape index (κ1) is 20.9. The maximum absolute atomic E-state index is 2.42. The molecule has 0 bridgehead atoms. The number of rotatable bonds is 12. The highest BCUT2D eigenvalue weighted by molar-refractivity contribution is 7.73. The molecule has 0 aromatic heterocycles. The largest absolute Gasteiger partial charge is 0.0885 e. The van der Waals surface area contributed by atoms with E-state index in [4.69, 9.17) is 0 Å². The average molecular weight is 367 g/mol. The van der Waals surface area contributed by atoms with E-state index in [0.717, 1.165) is 5.92 Å². The molecule has 26 heavy (non-hydrogen) atoms. The zero-order valence-electron chi connectivity index (χ0n) is 16.6. The van der Waals surface area contributed by atoms with Crippen LogP contribution in [0.1, 0.15) is 58.8 Å². The Bertz CT molecular complexity index is 563. The van der Waals surface area contributed by atoms with Crippen LogP contribution in [0.5, 0.6) is 0 Å². The molecule has 0 aliphatic carbocycles. The summed E-state index contributed by atoms with van der Waals surface area (Å²) in [5, 5.41) is 3.00. The van der Waals surface area contributed by atoms with Crippen molar-refractivity contribution in [2.45, 2.75) is 58.8 Å². The third-order valence-electron chi connectivity index (χ3n) is 4.81. The van der Waals surface area contributed by atoms with Crippen molar-refractivity contribution < 1.29 is 0 Å². The molecule has 0 amide bonds. The molecular weight excluding hydrogens is 331 g/mol. The van der Waals surface area contributed by atoms with Crippen molar-refractivity contribution in [1.82, 2.24) is 0 Å². The summed E-state index contributed by atoms with van der Waals surface area (Å²) in [6, 6.07) is 22.2. The van der Waals surface area contributed by atoms with E-state index in [0.29, 0.717) is 0 Å². The molecule has 0 radical (unpaired) electrons. The number of hydrogen-bond donors (Lipinski definition) is 0. The second kappa shape index (κ2) is 12.9. The molecule has 0 aliphatic heterocycles. The van der Waals surface area contributed by atoms with Crippen LogP contribution in [0.3, 0.4) is 0 Å². The fraction of sp³-hybridized carbons (Fsp3) is 0.440. The lowest BCUT2D eigenvalue weighted by Crippen LogP contribution is -2.17. The van der Waals surface area contributed by atoms with Gasteiger partial charge in [0.2, 0.25) is 0 Å². The van der Waals surface area contributed by atoms with Gasteiger partial charge in [-0.3, -0.25) is 0 Å². The Morgan fingerprint density at radius 1 is 0.769 bits per heavy atom. The molecule has 2 aromatic rings. The summed E-state index contributed by atoms with van der Waals surface area (Å²) < 4.78 is 0. The van der Waals surface area contributed by atoms with Gasteiger partial charge in [-0.1, -0.05) is 112 Å². The van der Waals surface area contributed by atoms with Crippen molar-refractivity contribution in [1.29, 1.82) is 0 Å². The predicted octanol–water partition coefficient (Wildman–Crippen LogP) is 7.06. The Balaban J connectivity index is 1.84. The molecule has 0 spiro atoms. The standard InChI is InChI=1S/C25H35P/c1-3-4-5-6-7-8-9-12-17-23(2)22-26(24-18-13-10-14-19-24)25-20-15-11-16-21-25/h9-16,18-21,23H,3-8,17,22H2,1-2H3/b12-9+/t23-/m0/s1. The highest BCUT2D eigenvalue weighted by Gasteiger charge is 2.16. The maximum Gasteiger partial charge on any atom is -0.0195 e. The summed E-state index contributed by atoms with van der Waals surface area (Å²) in [5.74, 6) is 0.720. The van der Waals surface area contributed by atoms with E-state index in [9.17, 15) is 0 Å². The van der Waals surface area contributed by atoms with Gasteiger partial charge in [-0.05, 0) is 49.9 Å². The Morgan fingerprint density at radius 2 is 1.35 bits per heavy atom. The molecule has 0 N–H and O–H groups in total. The van der Waals surface area contributed by atoms with Gasteiger partial charge in [0, 0.05) is 0 Å². The molecule has 2 aromatic carbocycles. The normalized spacial score (nSPS) is 12.7. The molecule has 0 saturated heterocycles. The van der Waals surface area contributed by atoms with Crippen LogP contribution < -0.4 is 10.6 Å². The van der Waals surface area contributed by atoms with Gasteiger partial charge in [0.05, 0.1) is 0 Å². The fourth-order valence-corrected chi connectivity index (χ4v) is 5.83. The molecule has 0 nitrogen and oxygen atoms in total. The van der Waals surface area contributed by atoms with Gasteiger partial charge in [0.1, 0.15) is 0 Å². The molecule has 0 fully saturated rings. The summed E-state index contributed by atoms with van der Waals surface area (Å²) in [6.45, 7) is 4.69. The van der Waals surface area contributed by atoms with Gasteiger partial charge in [-0.15, -0.1) is 0 Å². The zero-order chi connectivity index (χ0) is 18.5. The van der Waals surface area contributed by atoms with Crippen LogP contribution in [0, 0.1) is 5.92 Å². The van der Waals surface area contributed by atoms with Crippen LogP contribution in [0.2, 0.25) is 0 Å². The summed E-state index contributed by atoms with van der Waals surface area (Å²) in [7, 11) is -0.259. The second-order valence-electron chi connectivity index (χ2n) is 7.30.